The van der Waals surface area contributed by atoms with Gasteiger partial charge in [-0.05, 0) is 25.0 Å². The number of halogens is 1. The molecule has 142 valence electrons. The molecule has 2 heterocycles. The fourth-order valence-electron chi connectivity index (χ4n) is 3.31. The molecule has 1 aliphatic rings. The lowest BCUT2D eigenvalue weighted by atomic mass is 10.0. The normalized spacial score (nSPS) is 16.4. The van der Waals surface area contributed by atoms with Crippen LogP contribution in [0, 0.1) is 24.2 Å². The number of nitriles is 1. The highest BCUT2D eigenvalue weighted by atomic mass is 35.5. The molecule has 1 aromatic heterocycles. The van der Waals surface area contributed by atoms with E-state index >= 15 is 0 Å². The first-order chi connectivity index (χ1) is 12.9. The molecule has 0 saturated carbocycles. The van der Waals surface area contributed by atoms with E-state index in [1.165, 1.54) is 11.3 Å². The first kappa shape index (κ1) is 19.8. The number of carbonyl (C=O) groups is 1. The predicted molar refractivity (Wildman–Crippen MR) is 109 cm³/mol. The van der Waals surface area contributed by atoms with Gasteiger partial charge < -0.3 is 4.90 Å². The van der Waals surface area contributed by atoms with Gasteiger partial charge in [0, 0.05) is 36.8 Å². The molecule has 1 aliphatic heterocycles. The molecule has 0 spiro atoms. The van der Waals surface area contributed by atoms with Gasteiger partial charge in [-0.1, -0.05) is 37.6 Å². The average molecular weight is 403 g/mol. The van der Waals surface area contributed by atoms with Gasteiger partial charge in [-0.3, -0.25) is 9.69 Å². The summed E-state index contributed by atoms with van der Waals surface area (Å²) in [4.78, 5) is 22.3. The molecule has 0 radical (unpaired) electrons. The number of hydrogen-bond acceptors (Lipinski definition) is 5. The fraction of sp³-hybridized carbons (Fsp3) is 0.450. The van der Waals surface area contributed by atoms with Gasteiger partial charge in [0.05, 0.1) is 11.8 Å². The van der Waals surface area contributed by atoms with Crippen LogP contribution in [0.25, 0.3) is 10.6 Å². The van der Waals surface area contributed by atoms with Crippen molar-refractivity contribution in [2.45, 2.75) is 26.8 Å². The molecule has 0 N–H and O–H groups in total. The van der Waals surface area contributed by atoms with Gasteiger partial charge in [-0.15, -0.1) is 11.3 Å². The lowest BCUT2D eigenvalue weighted by Crippen LogP contribution is -2.52. The van der Waals surface area contributed by atoms with E-state index in [1.807, 2.05) is 36.1 Å². The van der Waals surface area contributed by atoms with Crippen molar-refractivity contribution in [3.8, 4) is 16.6 Å². The Labute approximate surface area is 169 Å². The van der Waals surface area contributed by atoms with Crippen LogP contribution < -0.4 is 0 Å². The van der Waals surface area contributed by atoms with Crippen LogP contribution >= 0.6 is 22.9 Å². The minimum Gasteiger partial charge on any atom is -0.335 e. The molecule has 1 atom stereocenters. The quantitative estimate of drug-likeness (QED) is 0.773. The summed E-state index contributed by atoms with van der Waals surface area (Å²) in [7, 11) is 0. The average Bonchev–Trinajstić information content (AvgIpc) is 3.04. The van der Waals surface area contributed by atoms with Gasteiger partial charge in [0.1, 0.15) is 15.9 Å². The number of nitrogens with zero attached hydrogens (tertiary/aromatic N) is 4. The molecule has 5 nitrogen and oxygen atoms in total. The lowest BCUT2D eigenvalue weighted by molar-refractivity contribution is 0.0580. The van der Waals surface area contributed by atoms with E-state index in [4.69, 9.17) is 11.6 Å². The number of benzene rings is 1. The SMILES string of the molecule is Cc1nc(-c2ccc(Cl)cc2)sc1C(=O)N1CCN(C(C#N)C(C)C)CC1. The molecule has 7 heteroatoms. The third-order valence-electron chi connectivity index (χ3n) is 4.84. The van der Waals surface area contributed by atoms with Gasteiger partial charge in [0.15, 0.2) is 0 Å². The number of rotatable bonds is 4. The van der Waals surface area contributed by atoms with Gasteiger partial charge in [0.25, 0.3) is 5.91 Å². The van der Waals surface area contributed by atoms with E-state index in [2.05, 4.69) is 29.8 Å². The first-order valence-electron chi connectivity index (χ1n) is 9.07. The highest BCUT2D eigenvalue weighted by Crippen LogP contribution is 2.30. The second-order valence-electron chi connectivity index (χ2n) is 7.09. The van der Waals surface area contributed by atoms with Crippen molar-refractivity contribution in [3.63, 3.8) is 0 Å². The maximum absolute atomic E-state index is 13.0. The van der Waals surface area contributed by atoms with E-state index in [0.29, 0.717) is 23.0 Å². The summed E-state index contributed by atoms with van der Waals surface area (Å²) < 4.78 is 0. The smallest absolute Gasteiger partial charge is 0.265 e. The van der Waals surface area contributed by atoms with E-state index in [1.54, 1.807) is 0 Å². The minimum absolute atomic E-state index is 0.0305. The van der Waals surface area contributed by atoms with Crippen LogP contribution in [-0.4, -0.2) is 52.9 Å². The van der Waals surface area contributed by atoms with Crippen molar-refractivity contribution < 1.29 is 4.79 Å². The van der Waals surface area contributed by atoms with Crippen molar-refractivity contribution in [2.75, 3.05) is 26.2 Å². The number of hydrogen-bond donors (Lipinski definition) is 0. The molecule has 1 amide bonds. The van der Waals surface area contributed by atoms with Gasteiger partial charge in [0.2, 0.25) is 0 Å². The second-order valence-corrected chi connectivity index (χ2v) is 8.52. The van der Waals surface area contributed by atoms with E-state index in [9.17, 15) is 10.1 Å². The zero-order chi connectivity index (χ0) is 19.6. The molecule has 1 saturated heterocycles. The number of amides is 1. The molecule has 0 bridgehead atoms. The number of piperazine rings is 1. The summed E-state index contributed by atoms with van der Waals surface area (Å²) in [5.74, 6) is 0.311. The predicted octanol–water partition coefficient (Wildman–Crippen LogP) is 4.08. The summed E-state index contributed by atoms with van der Waals surface area (Å²) in [5, 5.41) is 10.9. The second kappa shape index (κ2) is 8.39. The summed E-state index contributed by atoms with van der Waals surface area (Å²) in [6.07, 6.45) is 0. The van der Waals surface area contributed by atoms with Crippen LogP contribution in [0.1, 0.15) is 29.2 Å². The van der Waals surface area contributed by atoms with Crippen molar-refractivity contribution in [2.24, 2.45) is 5.92 Å². The highest BCUT2D eigenvalue weighted by molar-refractivity contribution is 7.17. The van der Waals surface area contributed by atoms with Gasteiger partial charge in [-0.25, -0.2) is 4.98 Å². The maximum Gasteiger partial charge on any atom is 0.265 e. The van der Waals surface area contributed by atoms with Gasteiger partial charge >= 0.3 is 0 Å². The van der Waals surface area contributed by atoms with E-state index in [0.717, 1.165) is 29.4 Å². The third kappa shape index (κ3) is 4.32. The first-order valence-corrected chi connectivity index (χ1v) is 10.3. The maximum atomic E-state index is 13.0. The Kier molecular flexibility index (Phi) is 6.15. The monoisotopic (exact) mass is 402 g/mol. The summed E-state index contributed by atoms with van der Waals surface area (Å²) in [5.41, 5.74) is 1.72. The van der Waals surface area contributed by atoms with Crippen molar-refractivity contribution in [1.29, 1.82) is 5.26 Å². The van der Waals surface area contributed by atoms with Crippen LogP contribution in [0.5, 0.6) is 0 Å². The Morgan fingerprint density at radius 1 is 1.22 bits per heavy atom. The topological polar surface area (TPSA) is 60.2 Å². The van der Waals surface area contributed by atoms with Crippen LogP contribution in [0.15, 0.2) is 24.3 Å². The Bertz CT molecular complexity index is 848. The Balaban J connectivity index is 1.70. The van der Waals surface area contributed by atoms with Crippen LogP contribution in [0.4, 0.5) is 0 Å². The number of thiazole rings is 1. The van der Waals surface area contributed by atoms with Crippen molar-refractivity contribution in [3.05, 3.63) is 39.9 Å². The van der Waals surface area contributed by atoms with Gasteiger partial charge in [-0.2, -0.15) is 5.26 Å². The molecule has 1 fully saturated rings. The standard InChI is InChI=1S/C20H23ClN4OS/c1-13(2)17(12-22)24-8-10-25(11-9-24)20(26)18-14(3)23-19(27-18)15-4-6-16(21)7-5-15/h4-7,13,17H,8-11H2,1-3H3. The Morgan fingerprint density at radius 3 is 2.41 bits per heavy atom. The van der Waals surface area contributed by atoms with Crippen LogP contribution in [0.2, 0.25) is 5.02 Å². The lowest BCUT2D eigenvalue weighted by Gasteiger charge is -2.38. The number of aryl methyl sites for hydroxylation is 1. The van der Waals surface area contributed by atoms with E-state index < -0.39 is 0 Å². The third-order valence-corrected chi connectivity index (χ3v) is 6.29. The van der Waals surface area contributed by atoms with Crippen molar-refractivity contribution in [1.82, 2.24) is 14.8 Å². The highest BCUT2D eigenvalue weighted by Gasteiger charge is 2.29. The molecule has 3 rings (SSSR count). The molecule has 2 aromatic rings. The summed E-state index contributed by atoms with van der Waals surface area (Å²) in [6, 6.07) is 9.79. The largest absolute Gasteiger partial charge is 0.335 e. The molecule has 1 aromatic carbocycles. The summed E-state index contributed by atoms with van der Waals surface area (Å²) in [6.45, 7) is 8.72. The Morgan fingerprint density at radius 2 is 1.85 bits per heavy atom. The van der Waals surface area contributed by atoms with Crippen molar-refractivity contribution >= 4 is 28.8 Å². The number of aromatic nitrogens is 1. The Hall–Kier alpha value is -1.94. The molecule has 1 unspecified atom stereocenters. The molecule has 27 heavy (non-hydrogen) atoms. The van der Waals surface area contributed by atoms with Crippen LogP contribution in [0.3, 0.4) is 0 Å². The molecular formula is C20H23ClN4OS. The van der Waals surface area contributed by atoms with E-state index in [-0.39, 0.29) is 17.9 Å². The molecular weight excluding hydrogens is 380 g/mol. The molecule has 0 aliphatic carbocycles. The fourth-order valence-corrected chi connectivity index (χ4v) is 4.48. The van der Waals surface area contributed by atoms with Crippen LogP contribution in [-0.2, 0) is 0 Å². The zero-order valence-corrected chi connectivity index (χ0v) is 17.3. The zero-order valence-electron chi connectivity index (χ0n) is 15.8. The minimum atomic E-state index is -0.0936. The number of carbonyl (C=O) groups excluding carboxylic acids is 1. The summed E-state index contributed by atoms with van der Waals surface area (Å²) >= 11 is 7.38.